The Bertz CT molecular complexity index is 557. The van der Waals surface area contributed by atoms with Gasteiger partial charge in [0.05, 0.1) is 5.69 Å². The van der Waals surface area contributed by atoms with Gasteiger partial charge >= 0.3 is 0 Å². The van der Waals surface area contributed by atoms with Crippen LogP contribution < -0.4 is 11.1 Å². The second-order valence-electron chi connectivity index (χ2n) is 3.40. The van der Waals surface area contributed by atoms with Gasteiger partial charge in [-0.3, -0.25) is 4.79 Å². The minimum Gasteiger partial charge on any atom is -0.384 e. The minimum atomic E-state index is -0.483. The summed E-state index contributed by atoms with van der Waals surface area (Å²) >= 11 is 0. The summed E-state index contributed by atoms with van der Waals surface area (Å²) in [4.78, 5) is 15.5. The number of carbonyl (C=O) groups excluding carboxylic acids is 1. The van der Waals surface area contributed by atoms with Gasteiger partial charge in [0.2, 0.25) is 0 Å². The average Bonchev–Trinajstić information content (AvgIpc) is 2.32. The number of nitrogens with two attached hydrogens (primary N) is 1. The molecule has 1 amide bonds. The molecule has 3 N–H and O–H groups in total. The third-order valence-corrected chi connectivity index (χ3v) is 2.17. The normalized spacial score (nSPS) is 9.94. The van der Waals surface area contributed by atoms with Crippen LogP contribution in [0.15, 0.2) is 42.6 Å². The lowest BCUT2D eigenvalue weighted by Crippen LogP contribution is -2.13. The fourth-order valence-corrected chi connectivity index (χ4v) is 1.35. The van der Waals surface area contributed by atoms with Crippen molar-refractivity contribution in [2.75, 3.05) is 11.1 Å². The predicted molar refractivity (Wildman–Crippen MR) is 63.0 cm³/mol. The van der Waals surface area contributed by atoms with Gasteiger partial charge in [0.15, 0.2) is 0 Å². The number of nitrogens with zero attached hydrogens (tertiary/aromatic N) is 1. The summed E-state index contributed by atoms with van der Waals surface area (Å²) < 4.78 is 13.3. The number of anilines is 2. The van der Waals surface area contributed by atoms with Gasteiger partial charge in [-0.15, -0.1) is 0 Å². The maximum absolute atomic E-state index is 13.3. The highest BCUT2D eigenvalue weighted by Gasteiger charge is 2.08. The number of benzene rings is 1. The van der Waals surface area contributed by atoms with Crippen molar-refractivity contribution in [2.45, 2.75) is 0 Å². The summed E-state index contributed by atoms with van der Waals surface area (Å²) in [5.74, 6) is -0.668. The molecule has 17 heavy (non-hydrogen) atoms. The van der Waals surface area contributed by atoms with Crippen molar-refractivity contribution in [1.29, 1.82) is 0 Å². The van der Waals surface area contributed by atoms with Gasteiger partial charge in [0, 0.05) is 11.8 Å². The summed E-state index contributed by atoms with van der Waals surface area (Å²) in [6.07, 6.45) is 1.42. The Morgan fingerprint density at radius 1 is 1.29 bits per heavy atom. The summed E-state index contributed by atoms with van der Waals surface area (Å²) in [6.45, 7) is 0. The molecule has 0 aliphatic heterocycles. The smallest absolute Gasteiger partial charge is 0.255 e. The Labute approximate surface area is 97.3 Å². The third kappa shape index (κ3) is 2.57. The Morgan fingerprint density at radius 3 is 2.76 bits per heavy atom. The fourth-order valence-electron chi connectivity index (χ4n) is 1.35. The number of nitrogen functional groups attached to an aromatic ring is 1. The molecular formula is C12H10FN3O. The molecule has 0 aliphatic carbocycles. The molecule has 0 saturated heterocycles. The molecule has 2 rings (SSSR count). The second-order valence-corrected chi connectivity index (χ2v) is 3.40. The van der Waals surface area contributed by atoms with E-state index in [2.05, 4.69) is 10.3 Å². The molecule has 0 spiro atoms. The largest absolute Gasteiger partial charge is 0.384 e. The third-order valence-electron chi connectivity index (χ3n) is 2.17. The van der Waals surface area contributed by atoms with Gasteiger partial charge in [-0.05, 0) is 24.3 Å². The SMILES string of the molecule is Nc1cc(C(=O)Nc2ccccc2F)ccn1. The van der Waals surface area contributed by atoms with Gasteiger partial charge in [-0.2, -0.15) is 0 Å². The molecule has 4 nitrogen and oxygen atoms in total. The van der Waals surface area contributed by atoms with Crippen molar-refractivity contribution < 1.29 is 9.18 Å². The van der Waals surface area contributed by atoms with Crippen LogP contribution in [-0.2, 0) is 0 Å². The Hall–Kier alpha value is -2.43. The van der Waals surface area contributed by atoms with E-state index in [0.29, 0.717) is 5.56 Å². The highest BCUT2D eigenvalue weighted by Crippen LogP contribution is 2.14. The van der Waals surface area contributed by atoms with Gasteiger partial charge in [-0.25, -0.2) is 9.37 Å². The summed E-state index contributed by atoms with van der Waals surface area (Å²) in [6, 6.07) is 8.88. The number of halogens is 1. The number of hydrogen-bond donors (Lipinski definition) is 2. The van der Waals surface area contributed by atoms with E-state index < -0.39 is 11.7 Å². The number of rotatable bonds is 2. The number of carbonyl (C=O) groups is 1. The number of hydrogen-bond acceptors (Lipinski definition) is 3. The van der Waals surface area contributed by atoms with E-state index in [4.69, 9.17) is 5.73 Å². The van der Waals surface area contributed by atoms with Crippen molar-refractivity contribution in [3.8, 4) is 0 Å². The van der Waals surface area contributed by atoms with Crippen LogP contribution in [0.1, 0.15) is 10.4 Å². The summed E-state index contributed by atoms with van der Waals surface area (Å²) in [5, 5.41) is 2.46. The predicted octanol–water partition coefficient (Wildman–Crippen LogP) is 2.06. The number of nitrogens with one attached hydrogen (secondary N) is 1. The van der Waals surface area contributed by atoms with Gasteiger partial charge in [0.1, 0.15) is 11.6 Å². The molecular weight excluding hydrogens is 221 g/mol. The molecule has 1 heterocycles. The minimum absolute atomic E-state index is 0.132. The van der Waals surface area contributed by atoms with Gasteiger partial charge < -0.3 is 11.1 Å². The number of para-hydroxylation sites is 1. The standard InChI is InChI=1S/C12H10FN3O/c13-9-3-1-2-4-10(9)16-12(17)8-5-6-15-11(14)7-8/h1-7H,(H2,14,15)(H,16,17). The van der Waals surface area contributed by atoms with Crippen LogP contribution in [0.5, 0.6) is 0 Å². The second kappa shape index (κ2) is 4.61. The van der Waals surface area contributed by atoms with Crippen molar-refractivity contribution >= 4 is 17.4 Å². The Balaban J connectivity index is 2.20. The highest BCUT2D eigenvalue weighted by molar-refractivity contribution is 6.04. The molecule has 0 radical (unpaired) electrons. The molecule has 0 saturated carbocycles. The zero-order valence-electron chi connectivity index (χ0n) is 8.85. The van der Waals surface area contributed by atoms with Crippen LogP contribution in [0, 0.1) is 5.82 Å². The van der Waals surface area contributed by atoms with Crippen molar-refractivity contribution in [3.63, 3.8) is 0 Å². The summed E-state index contributed by atoms with van der Waals surface area (Å²) in [5.41, 5.74) is 5.92. The van der Waals surface area contributed by atoms with Crippen LogP contribution in [0.4, 0.5) is 15.9 Å². The first-order valence-electron chi connectivity index (χ1n) is 4.94. The van der Waals surface area contributed by atoms with E-state index >= 15 is 0 Å². The zero-order valence-corrected chi connectivity index (χ0v) is 8.85. The molecule has 1 aromatic carbocycles. The molecule has 2 aromatic rings. The number of pyridine rings is 1. The summed E-state index contributed by atoms with van der Waals surface area (Å²) in [7, 11) is 0. The van der Waals surface area contributed by atoms with E-state index in [1.807, 2.05) is 0 Å². The number of aromatic nitrogens is 1. The lowest BCUT2D eigenvalue weighted by molar-refractivity contribution is 0.102. The van der Waals surface area contributed by atoms with E-state index in [9.17, 15) is 9.18 Å². The first kappa shape index (κ1) is 11.1. The number of amides is 1. The van der Waals surface area contributed by atoms with E-state index in [-0.39, 0.29) is 11.5 Å². The van der Waals surface area contributed by atoms with E-state index in [1.54, 1.807) is 12.1 Å². The maximum Gasteiger partial charge on any atom is 0.255 e. The van der Waals surface area contributed by atoms with Crippen LogP contribution >= 0.6 is 0 Å². The van der Waals surface area contributed by atoms with Crippen molar-refractivity contribution in [3.05, 3.63) is 54.0 Å². The van der Waals surface area contributed by atoms with E-state index in [1.165, 1.54) is 30.5 Å². The average molecular weight is 231 g/mol. The van der Waals surface area contributed by atoms with Gasteiger partial charge in [-0.1, -0.05) is 12.1 Å². The van der Waals surface area contributed by atoms with Crippen LogP contribution in [0.3, 0.4) is 0 Å². The topological polar surface area (TPSA) is 68.0 Å². The Kier molecular flexibility index (Phi) is 3.00. The molecule has 0 bridgehead atoms. The lowest BCUT2D eigenvalue weighted by Gasteiger charge is -2.06. The van der Waals surface area contributed by atoms with Gasteiger partial charge in [0.25, 0.3) is 5.91 Å². The zero-order chi connectivity index (χ0) is 12.3. The molecule has 0 unspecified atom stereocenters. The van der Waals surface area contributed by atoms with Crippen LogP contribution in [0.2, 0.25) is 0 Å². The van der Waals surface area contributed by atoms with E-state index in [0.717, 1.165) is 0 Å². The Morgan fingerprint density at radius 2 is 2.06 bits per heavy atom. The first-order chi connectivity index (χ1) is 8.16. The molecule has 0 fully saturated rings. The monoisotopic (exact) mass is 231 g/mol. The molecule has 86 valence electrons. The highest BCUT2D eigenvalue weighted by atomic mass is 19.1. The lowest BCUT2D eigenvalue weighted by atomic mass is 10.2. The van der Waals surface area contributed by atoms with Crippen molar-refractivity contribution in [1.82, 2.24) is 4.98 Å². The van der Waals surface area contributed by atoms with Crippen LogP contribution in [0.25, 0.3) is 0 Å². The quantitative estimate of drug-likeness (QED) is 0.831. The van der Waals surface area contributed by atoms with Crippen molar-refractivity contribution in [2.24, 2.45) is 0 Å². The molecule has 5 heteroatoms. The fraction of sp³-hybridized carbons (Fsp3) is 0. The maximum atomic E-state index is 13.3. The first-order valence-corrected chi connectivity index (χ1v) is 4.94. The molecule has 0 atom stereocenters. The van der Waals surface area contributed by atoms with Crippen LogP contribution in [-0.4, -0.2) is 10.9 Å². The molecule has 1 aromatic heterocycles. The molecule has 0 aliphatic rings.